The van der Waals surface area contributed by atoms with Gasteiger partial charge in [-0.2, -0.15) is 0 Å². The topological polar surface area (TPSA) is 40.6 Å². The van der Waals surface area contributed by atoms with Gasteiger partial charge < -0.3 is 14.2 Å². The van der Waals surface area contributed by atoms with Crippen molar-refractivity contribution >= 4 is 0 Å². The van der Waals surface area contributed by atoms with Crippen LogP contribution in [-0.4, -0.2) is 25.0 Å². The van der Waals surface area contributed by atoms with Gasteiger partial charge in [0.15, 0.2) is 6.29 Å². The minimum absolute atomic E-state index is 0.0870. The summed E-state index contributed by atoms with van der Waals surface area (Å²) < 4.78 is 17.0. The zero-order valence-corrected chi connectivity index (χ0v) is 13.5. The van der Waals surface area contributed by atoms with Crippen LogP contribution in [0.5, 0.6) is 5.75 Å². The summed E-state index contributed by atoms with van der Waals surface area (Å²) in [5.74, 6) is 0.870. The Morgan fingerprint density at radius 3 is 2.78 bits per heavy atom. The lowest BCUT2D eigenvalue weighted by Crippen LogP contribution is -2.12. The molecule has 0 bridgehead atoms. The highest BCUT2D eigenvalue weighted by atomic mass is 16.7. The summed E-state index contributed by atoms with van der Waals surface area (Å²) >= 11 is 0. The number of methoxy groups -OCH3 is 1. The number of rotatable bonds is 7. The maximum Gasteiger partial charge on any atom is 0.158 e. The van der Waals surface area contributed by atoms with Crippen LogP contribution in [-0.2, 0) is 15.9 Å². The van der Waals surface area contributed by atoms with Crippen molar-refractivity contribution in [2.45, 2.75) is 38.1 Å². The lowest BCUT2D eigenvalue weighted by Gasteiger charge is -2.15. The molecule has 1 aliphatic rings. The number of aromatic nitrogens is 1. The van der Waals surface area contributed by atoms with E-state index in [1.165, 1.54) is 11.1 Å². The third-order valence-electron chi connectivity index (χ3n) is 4.10. The van der Waals surface area contributed by atoms with Crippen LogP contribution >= 0.6 is 0 Å². The smallest absolute Gasteiger partial charge is 0.158 e. The molecule has 122 valence electrons. The second kappa shape index (κ2) is 8.09. The molecule has 1 saturated heterocycles. The van der Waals surface area contributed by atoms with Gasteiger partial charge in [0, 0.05) is 18.8 Å². The van der Waals surface area contributed by atoms with E-state index in [0.29, 0.717) is 0 Å². The zero-order valence-electron chi connectivity index (χ0n) is 13.5. The largest absolute Gasteiger partial charge is 0.497 e. The van der Waals surface area contributed by atoms with Crippen LogP contribution in [0.2, 0.25) is 0 Å². The fraction of sp³-hybridized carbons (Fsp3) is 0.421. The molecule has 4 heteroatoms. The van der Waals surface area contributed by atoms with Crippen LogP contribution in [0.3, 0.4) is 0 Å². The van der Waals surface area contributed by atoms with Crippen molar-refractivity contribution in [2.75, 3.05) is 13.7 Å². The van der Waals surface area contributed by atoms with Gasteiger partial charge in [-0.25, -0.2) is 0 Å². The molecule has 0 spiro atoms. The summed E-state index contributed by atoms with van der Waals surface area (Å²) in [6, 6.07) is 12.1. The lowest BCUT2D eigenvalue weighted by atomic mass is 10.1. The van der Waals surface area contributed by atoms with Crippen LogP contribution in [0.25, 0.3) is 0 Å². The molecule has 1 aromatic heterocycles. The van der Waals surface area contributed by atoms with Crippen molar-refractivity contribution in [1.29, 1.82) is 0 Å². The quantitative estimate of drug-likeness (QED) is 0.727. The molecule has 0 radical (unpaired) electrons. The van der Waals surface area contributed by atoms with Gasteiger partial charge in [-0.15, -0.1) is 0 Å². The molecule has 0 amide bonds. The number of ether oxygens (including phenoxy) is 3. The van der Waals surface area contributed by atoms with Crippen LogP contribution in [0.15, 0.2) is 48.8 Å². The Kier molecular flexibility index (Phi) is 5.61. The molecule has 0 N–H and O–H groups in total. The predicted molar refractivity (Wildman–Crippen MR) is 88.4 cm³/mol. The molecule has 1 fully saturated rings. The molecule has 0 saturated carbocycles. The predicted octanol–water partition coefficient (Wildman–Crippen LogP) is 3.92. The van der Waals surface area contributed by atoms with Crippen molar-refractivity contribution in [3.05, 3.63) is 59.9 Å². The van der Waals surface area contributed by atoms with Crippen LogP contribution < -0.4 is 4.74 Å². The van der Waals surface area contributed by atoms with Gasteiger partial charge in [-0.1, -0.05) is 18.2 Å². The highest BCUT2D eigenvalue weighted by Gasteiger charge is 2.26. The Balaban J connectivity index is 1.39. The Bertz CT molecular complexity index is 585. The molecule has 1 aliphatic heterocycles. The van der Waals surface area contributed by atoms with Gasteiger partial charge in [0.05, 0.1) is 19.8 Å². The Hall–Kier alpha value is -1.91. The maximum absolute atomic E-state index is 6.00. The number of hydrogen-bond donors (Lipinski definition) is 0. The van der Waals surface area contributed by atoms with Gasteiger partial charge in [0.25, 0.3) is 0 Å². The van der Waals surface area contributed by atoms with Gasteiger partial charge in [0.2, 0.25) is 0 Å². The summed E-state index contributed by atoms with van der Waals surface area (Å²) in [5, 5.41) is 0. The highest BCUT2D eigenvalue weighted by Crippen LogP contribution is 2.33. The molecular weight excluding hydrogens is 290 g/mol. The third-order valence-corrected chi connectivity index (χ3v) is 4.10. The Morgan fingerprint density at radius 1 is 1.17 bits per heavy atom. The first-order valence-electron chi connectivity index (χ1n) is 8.15. The molecule has 4 nitrogen and oxygen atoms in total. The van der Waals surface area contributed by atoms with Crippen molar-refractivity contribution in [1.82, 2.24) is 4.98 Å². The molecule has 0 aliphatic carbocycles. The molecule has 23 heavy (non-hydrogen) atoms. The summed E-state index contributed by atoms with van der Waals surface area (Å²) in [4.78, 5) is 4.12. The standard InChI is InChI=1S/C19H23NO3/c1-21-17-8-6-16(7-9-17)18-10-11-19(23-18)22-13-3-5-15-4-2-12-20-14-15/h2,4,6-9,12,14,18-19H,3,5,10-11,13H2,1H3/t18-,19+/m1/s1. The van der Waals surface area contributed by atoms with E-state index in [1.807, 2.05) is 24.4 Å². The summed E-state index contributed by atoms with van der Waals surface area (Å²) in [6.45, 7) is 0.717. The minimum atomic E-state index is -0.0870. The molecule has 2 heterocycles. The van der Waals surface area contributed by atoms with E-state index in [0.717, 1.165) is 38.0 Å². The highest BCUT2D eigenvalue weighted by molar-refractivity contribution is 5.28. The van der Waals surface area contributed by atoms with E-state index in [2.05, 4.69) is 23.2 Å². The van der Waals surface area contributed by atoms with E-state index < -0.39 is 0 Å². The number of benzene rings is 1. The van der Waals surface area contributed by atoms with E-state index in [4.69, 9.17) is 14.2 Å². The fourth-order valence-electron chi connectivity index (χ4n) is 2.83. The molecule has 3 rings (SSSR count). The molecule has 2 atom stereocenters. The Labute approximate surface area is 137 Å². The average Bonchev–Trinajstić information content (AvgIpc) is 3.09. The van der Waals surface area contributed by atoms with Gasteiger partial charge >= 0.3 is 0 Å². The van der Waals surface area contributed by atoms with Crippen LogP contribution in [0.4, 0.5) is 0 Å². The van der Waals surface area contributed by atoms with Crippen molar-refractivity contribution in [3.8, 4) is 5.75 Å². The van der Waals surface area contributed by atoms with Crippen molar-refractivity contribution in [3.63, 3.8) is 0 Å². The number of hydrogen-bond acceptors (Lipinski definition) is 4. The number of aryl methyl sites for hydroxylation is 1. The molecule has 0 unspecified atom stereocenters. The molecular formula is C19H23NO3. The molecule has 1 aromatic carbocycles. The van der Waals surface area contributed by atoms with Crippen molar-refractivity contribution < 1.29 is 14.2 Å². The van der Waals surface area contributed by atoms with Crippen LogP contribution in [0.1, 0.15) is 36.5 Å². The van der Waals surface area contributed by atoms with Gasteiger partial charge in [0.1, 0.15) is 5.75 Å². The summed E-state index contributed by atoms with van der Waals surface area (Å²) in [7, 11) is 1.68. The zero-order chi connectivity index (χ0) is 15.9. The first-order chi connectivity index (χ1) is 11.3. The average molecular weight is 313 g/mol. The first kappa shape index (κ1) is 16.0. The van der Waals surface area contributed by atoms with Gasteiger partial charge in [-0.3, -0.25) is 4.98 Å². The van der Waals surface area contributed by atoms with Crippen molar-refractivity contribution in [2.24, 2.45) is 0 Å². The van der Waals surface area contributed by atoms with Crippen LogP contribution in [0, 0.1) is 0 Å². The second-order valence-corrected chi connectivity index (χ2v) is 5.74. The number of pyridine rings is 1. The van der Waals surface area contributed by atoms with E-state index in [1.54, 1.807) is 13.3 Å². The maximum atomic E-state index is 6.00. The SMILES string of the molecule is COc1ccc([C@H]2CC[C@@H](OCCCc3cccnc3)O2)cc1. The third kappa shape index (κ3) is 4.53. The number of nitrogens with zero attached hydrogens (tertiary/aromatic N) is 1. The first-order valence-corrected chi connectivity index (χ1v) is 8.15. The van der Waals surface area contributed by atoms with E-state index >= 15 is 0 Å². The minimum Gasteiger partial charge on any atom is -0.497 e. The monoisotopic (exact) mass is 313 g/mol. The second-order valence-electron chi connectivity index (χ2n) is 5.74. The Morgan fingerprint density at radius 2 is 2.04 bits per heavy atom. The normalized spacial score (nSPS) is 20.6. The fourth-order valence-corrected chi connectivity index (χ4v) is 2.83. The summed E-state index contributed by atoms with van der Waals surface area (Å²) in [5.41, 5.74) is 2.44. The van der Waals surface area contributed by atoms with Gasteiger partial charge in [-0.05, 0) is 48.6 Å². The lowest BCUT2D eigenvalue weighted by molar-refractivity contribution is -0.135. The van der Waals surface area contributed by atoms with E-state index in [-0.39, 0.29) is 12.4 Å². The summed E-state index contributed by atoms with van der Waals surface area (Å²) in [6.07, 6.45) is 7.67. The van der Waals surface area contributed by atoms with E-state index in [9.17, 15) is 0 Å². The molecule has 2 aromatic rings.